The Morgan fingerprint density at radius 3 is 2.38 bits per heavy atom. The number of allylic oxidation sites excluding steroid dienone is 2. The van der Waals surface area contributed by atoms with Crippen LogP contribution in [-0.4, -0.2) is 18.0 Å². The molecule has 0 aromatic heterocycles. The third kappa shape index (κ3) is 4.49. The highest BCUT2D eigenvalue weighted by atomic mass is 16.5. The first-order chi connectivity index (χ1) is 17.5. The monoisotopic (exact) mass is 504 g/mol. The Morgan fingerprint density at radius 2 is 1.68 bits per heavy atom. The number of rotatable bonds is 5. The second kappa shape index (κ2) is 9.75. The van der Waals surface area contributed by atoms with Gasteiger partial charge in [0.2, 0.25) is 0 Å². The van der Waals surface area contributed by atoms with Crippen LogP contribution >= 0.6 is 0 Å². The molecular weight excluding hydrogens is 460 g/mol. The lowest BCUT2D eigenvalue weighted by molar-refractivity contribution is -0.149. The number of ether oxygens (including phenoxy) is 2. The van der Waals surface area contributed by atoms with E-state index in [1.165, 1.54) is 43.4 Å². The summed E-state index contributed by atoms with van der Waals surface area (Å²) in [6.07, 6.45) is 12.5. The molecule has 0 bridgehead atoms. The molecule has 200 valence electrons. The van der Waals surface area contributed by atoms with Crippen molar-refractivity contribution < 1.29 is 19.1 Å². The minimum absolute atomic E-state index is 0.0440. The highest BCUT2D eigenvalue weighted by Gasteiger charge is 2.57. The van der Waals surface area contributed by atoms with E-state index < -0.39 is 0 Å². The van der Waals surface area contributed by atoms with Crippen LogP contribution < -0.4 is 0 Å². The SMILES string of the molecule is CC(=O)O[C@H]1CC[C@@]2(C)C(=CC[C@@H]3[C@@H]2CC[C@]2(C)C([C@H](C)[C@H](OC(C)=O)c4ccccc4C)=CC[C@@H]32)C1. The van der Waals surface area contributed by atoms with Crippen LogP contribution in [-0.2, 0) is 19.1 Å². The molecule has 0 amide bonds. The predicted octanol–water partition coefficient (Wildman–Crippen LogP) is 7.67. The lowest BCUT2D eigenvalue weighted by Crippen LogP contribution is -2.50. The summed E-state index contributed by atoms with van der Waals surface area (Å²) >= 11 is 0. The maximum Gasteiger partial charge on any atom is 0.303 e. The first-order valence-corrected chi connectivity index (χ1v) is 14.3. The van der Waals surface area contributed by atoms with Crippen LogP contribution in [0.5, 0.6) is 0 Å². The minimum Gasteiger partial charge on any atom is -0.462 e. The molecule has 0 heterocycles. The Hall–Kier alpha value is -2.36. The van der Waals surface area contributed by atoms with Crippen molar-refractivity contribution in [3.8, 4) is 0 Å². The van der Waals surface area contributed by atoms with Gasteiger partial charge in [-0.15, -0.1) is 0 Å². The van der Waals surface area contributed by atoms with E-state index >= 15 is 0 Å². The molecule has 4 aliphatic rings. The molecule has 4 aliphatic carbocycles. The van der Waals surface area contributed by atoms with Crippen molar-refractivity contribution in [2.24, 2.45) is 34.5 Å². The number of hydrogen-bond donors (Lipinski definition) is 0. The number of fused-ring (bicyclic) bond motifs is 5. The van der Waals surface area contributed by atoms with Crippen LogP contribution in [0.1, 0.15) is 96.8 Å². The van der Waals surface area contributed by atoms with E-state index in [9.17, 15) is 9.59 Å². The molecular formula is C33H44O4. The summed E-state index contributed by atoms with van der Waals surface area (Å²) in [5.74, 6) is 1.75. The summed E-state index contributed by atoms with van der Waals surface area (Å²) in [5.41, 5.74) is 5.67. The standard InChI is InChI=1S/C33H44O4/c1-20-9-7-8-10-26(20)31(37-23(4)35)21(2)28-13-14-29-27-12-11-24-19-25(36-22(3)34)15-17-32(24,5)30(27)16-18-33(28,29)6/h7-11,13,21,25,27,29-31H,12,14-19H2,1-6H3/t21-,25-,27-,29-,30-,31-,32-,33+/m0/s1. The first kappa shape index (κ1) is 26.3. The van der Waals surface area contributed by atoms with Crippen molar-refractivity contribution in [2.75, 3.05) is 0 Å². The summed E-state index contributed by atoms with van der Waals surface area (Å²) in [6, 6.07) is 8.33. The van der Waals surface area contributed by atoms with Crippen molar-refractivity contribution in [1.82, 2.24) is 0 Å². The summed E-state index contributed by atoms with van der Waals surface area (Å²) in [4.78, 5) is 23.8. The van der Waals surface area contributed by atoms with Crippen LogP contribution in [0, 0.1) is 41.4 Å². The third-order valence-corrected chi connectivity index (χ3v) is 10.8. The molecule has 8 atom stereocenters. The highest BCUT2D eigenvalue weighted by molar-refractivity contribution is 5.66. The predicted molar refractivity (Wildman–Crippen MR) is 146 cm³/mol. The van der Waals surface area contributed by atoms with Gasteiger partial charge < -0.3 is 9.47 Å². The Kier molecular flexibility index (Phi) is 6.92. The fraction of sp³-hybridized carbons (Fsp3) is 0.636. The lowest BCUT2D eigenvalue weighted by Gasteiger charge is -2.58. The van der Waals surface area contributed by atoms with E-state index in [2.05, 4.69) is 52.0 Å². The smallest absolute Gasteiger partial charge is 0.303 e. The van der Waals surface area contributed by atoms with Crippen LogP contribution in [0.2, 0.25) is 0 Å². The fourth-order valence-corrected chi connectivity index (χ4v) is 8.95. The summed E-state index contributed by atoms with van der Waals surface area (Å²) < 4.78 is 11.6. The number of aryl methyl sites for hydroxylation is 1. The lowest BCUT2D eigenvalue weighted by atomic mass is 9.47. The van der Waals surface area contributed by atoms with Crippen molar-refractivity contribution in [2.45, 2.75) is 98.7 Å². The van der Waals surface area contributed by atoms with Crippen molar-refractivity contribution >= 4 is 11.9 Å². The number of carbonyl (C=O) groups excluding carboxylic acids is 2. The summed E-state index contributed by atoms with van der Waals surface area (Å²) in [7, 11) is 0. The van der Waals surface area contributed by atoms with Gasteiger partial charge in [-0.3, -0.25) is 9.59 Å². The van der Waals surface area contributed by atoms with E-state index in [-0.39, 0.29) is 40.9 Å². The molecule has 37 heavy (non-hydrogen) atoms. The normalized spacial score (nSPS) is 36.2. The van der Waals surface area contributed by atoms with Gasteiger partial charge in [-0.05, 0) is 85.2 Å². The molecule has 4 nitrogen and oxygen atoms in total. The van der Waals surface area contributed by atoms with Gasteiger partial charge in [-0.1, -0.05) is 68.3 Å². The van der Waals surface area contributed by atoms with Crippen LogP contribution in [0.25, 0.3) is 0 Å². The topological polar surface area (TPSA) is 52.6 Å². The van der Waals surface area contributed by atoms with Crippen molar-refractivity contribution in [1.29, 1.82) is 0 Å². The van der Waals surface area contributed by atoms with Crippen molar-refractivity contribution in [3.63, 3.8) is 0 Å². The molecule has 2 saturated carbocycles. The zero-order valence-corrected chi connectivity index (χ0v) is 23.5. The minimum atomic E-state index is -0.259. The Labute approximate surface area is 222 Å². The fourth-order valence-electron chi connectivity index (χ4n) is 8.95. The van der Waals surface area contributed by atoms with Gasteiger partial charge >= 0.3 is 11.9 Å². The van der Waals surface area contributed by atoms with Crippen LogP contribution in [0.4, 0.5) is 0 Å². The summed E-state index contributed by atoms with van der Waals surface area (Å²) in [5, 5.41) is 0. The zero-order valence-electron chi connectivity index (χ0n) is 23.5. The van der Waals surface area contributed by atoms with E-state index in [4.69, 9.17) is 9.47 Å². The molecule has 2 fully saturated rings. The Bertz CT molecular complexity index is 1130. The number of carbonyl (C=O) groups is 2. The third-order valence-electron chi connectivity index (χ3n) is 10.8. The van der Waals surface area contributed by atoms with Crippen LogP contribution in [0.3, 0.4) is 0 Å². The number of hydrogen-bond acceptors (Lipinski definition) is 4. The van der Waals surface area contributed by atoms with E-state index in [0.29, 0.717) is 17.8 Å². The van der Waals surface area contributed by atoms with Gasteiger partial charge in [0.15, 0.2) is 0 Å². The van der Waals surface area contributed by atoms with Gasteiger partial charge in [0.05, 0.1) is 0 Å². The first-order valence-electron chi connectivity index (χ1n) is 14.3. The number of esters is 2. The molecule has 1 aromatic carbocycles. The zero-order chi connectivity index (χ0) is 26.5. The van der Waals surface area contributed by atoms with Gasteiger partial charge in [0.25, 0.3) is 0 Å². The van der Waals surface area contributed by atoms with Gasteiger partial charge in [-0.2, -0.15) is 0 Å². The second-order valence-electron chi connectivity index (χ2n) is 12.8. The number of benzene rings is 1. The quantitative estimate of drug-likeness (QED) is 0.305. The molecule has 0 spiro atoms. The maximum atomic E-state index is 12.2. The van der Waals surface area contributed by atoms with Gasteiger partial charge in [-0.25, -0.2) is 0 Å². The molecule has 0 N–H and O–H groups in total. The van der Waals surface area contributed by atoms with Gasteiger partial charge in [0.1, 0.15) is 12.2 Å². The average Bonchev–Trinajstić information content (AvgIpc) is 3.19. The maximum absolute atomic E-state index is 12.2. The van der Waals surface area contributed by atoms with Crippen LogP contribution in [0.15, 0.2) is 47.6 Å². The average molecular weight is 505 g/mol. The largest absolute Gasteiger partial charge is 0.462 e. The van der Waals surface area contributed by atoms with E-state index in [1.807, 2.05) is 12.1 Å². The van der Waals surface area contributed by atoms with E-state index in [0.717, 1.165) is 37.7 Å². The van der Waals surface area contributed by atoms with Crippen molar-refractivity contribution in [3.05, 3.63) is 58.7 Å². The molecule has 1 aromatic rings. The highest BCUT2D eigenvalue weighted by Crippen LogP contribution is 2.66. The molecule has 0 radical (unpaired) electrons. The Morgan fingerprint density at radius 1 is 0.946 bits per heavy atom. The Balaban J connectivity index is 1.39. The molecule has 0 aliphatic heterocycles. The summed E-state index contributed by atoms with van der Waals surface area (Å²) in [6.45, 7) is 12.4. The molecule has 0 saturated heterocycles. The van der Waals surface area contributed by atoms with E-state index in [1.54, 1.807) is 0 Å². The molecule has 0 unspecified atom stereocenters. The van der Waals surface area contributed by atoms with Gasteiger partial charge in [0, 0.05) is 26.2 Å². The second-order valence-corrected chi connectivity index (χ2v) is 12.8. The molecule has 5 rings (SSSR count). The molecule has 4 heteroatoms.